The average Bonchev–Trinajstić information content (AvgIpc) is 2.91. The number of benzene rings is 2. The van der Waals surface area contributed by atoms with E-state index in [1.54, 1.807) is 0 Å². The summed E-state index contributed by atoms with van der Waals surface area (Å²) in [5.74, 6) is 0. The maximum Gasteiger partial charge on any atom is 0.495 e. The van der Waals surface area contributed by atoms with Crippen molar-refractivity contribution in [1.29, 1.82) is 0 Å². The van der Waals surface area contributed by atoms with Crippen molar-refractivity contribution in [2.24, 2.45) is 0 Å². The molecule has 1 aliphatic heterocycles. The molecule has 0 radical (unpaired) electrons. The summed E-state index contributed by atoms with van der Waals surface area (Å²) < 4.78 is 12.4. The molecule has 23 heavy (non-hydrogen) atoms. The van der Waals surface area contributed by atoms with E-state index >= 15 is 0 Å². The molecule has 4 heteroatoms. The Balaban J connectivity index is 1.83. The number of aliphatic hydroxyl groups is 1. The van der Waals surface area contributed by atoms with Crippen molar-refractivity contribution in [3.8, 4) is 11.1 Å². The zero-order valence-electron chi connectivity index (χ0n) is 14.0. The van der Waals surface area contributed by atoms with Gasteiger partial charge in [0.1, 0.15) is 6.10 Å². The predicted octanol–water partition coefficient (Wildman–Crippen LogP) is 3.05. The minimum atomic E-state index is -0.628. The van der Waals surface area contributed by atoms with E-state index in [4.69, 9.17) is 9.31 Å². The van der Waals surface area contributed by atoms with Crippen LogP contribution in [0, 0.1) is 0 Å². The summed E-state index contributed by atoms with van der Waals surface area (Å²) >= 11 is 0. The number of hydrogen-bond acceptors (Lipinski definition) is 3. The Morgan fingerprint density at radius 1 is 0.870 bits per heavy atom. The van der Waals surface area contributed by atoms with Crippen LogP contribution in [0.3, 0.4) is 0 Å². The molecule has 1 heterocycles. The molecular formula is C19H21BO3. The molecule has 1 unspecified atom stereocenters. The lowest BCUT2D eigenvalue weighted by molar-refractivity contribution is 0.00578. The summed E-state index contributed by atoms with van der Waals surface area (Å²) in [6, 6.07) is 14.1. The van der Waals surface area contributed by atoms with E-state index in [0.29, 0.717) is 0 Å². The number of hydrogen-bond donors (Lipinski definition) is 1. The molecular weight excluding hydrogens is 287 g/mol. The van der Waals surface area contributed by atoms with Gasteiger partial charge in [-0.25, -0.2) is 0 Å². The quantitative estimate of drug-likeness (QED) is 0.823. The van der Waals surface area contributed by atoms with E-state index < -0.39 is 24.4 Å². The summed E-state index contributed by atoms with van der Waals surface area (Å²) in [6.45, 7) is 8.17. The van der Waals surface area contributed by atoms with Gasteiger partial charge in [-0.3, -0.25) is 0 Å². The van der Waals surface area contributed by atoms with Crippen molar-refractivity contribution in [2.45, 2.75) is 45.0 Å². The van der Waals surface area contributed by atoms with Gasteiger partial charge in [0.25, 0.3) is 0 Å². The van der Waals surface area contributed by atoms with Gasteiger partial charge in [-0.1, -0.05) is 42.5 Å². The third-order valence-corrected chi connectivity index (χ3v) is 5.47. The van der Waals surface area contributed by atoms with Crippen LogP contribution in [0.1, 0.15) is 44.9 Å². The van der Waals surface area contributed by atoms with Crippen LogP contribution in [-0.4, -0.2) is 23.4 Å². The lowest BCUT2D eigenvalue weighted by Crippen LogP contribution is -2.41. The van der Waals surface area contributed by atoms with E-state index in [2.05, 4.69) is 12.1 Å². The third-order valence-electron chi connectivity index (χ3n) is 5.47. The Hall–Kier alpha value is -1.62. The van der Waals surface area contributed by atoms with E-state index in [1.165, 1.54) is 0 Å². The van der Waals surface area contributed by atoms with E-state index in [9.17, 15) is 5.11 Å². The second kappa shape index (κ2) is 4.70. The van der Waals surface area contributed by atoms with Gasteiger partial charge < -0.3 is 14.4 Å². The van der Waals surface area contributed by atoms with Crippen LogP contribution in [0.4, 0.5) is 0 Å². The minimum Gasteiger partial charge on any atom is -0.399 e. The van der Waals surface area contributed by atoms with Crippen LogP contribution in [0.5, 0.6) is 0 Å². The highest BCUT2D eigenvalue weighted by molar-refractivity contribution is 6.63. The van der Waals surface area contributed by atoms with Gasteiger partial charge in [0.05, 0.1) is 11.2 Å². The van der Waals surface area contributed by atoms with Crippen molar-refractivity contribution in [1.82, 2.24) is 0 Å². The Bertz CT molecular complexity index is 766. The van der Waals surface area contributed by atoms with Gasteiger partial charge in [0, 0.05) is 0 Å². The van der Waals surface area contributed by atoms with Gasteiger partial charge in [0.2, 0.25) is 0 Å². The van der Waals surface area contributed by atoms with Crippen molar-refractivity contribution in [2.75, 3.05) is 0 Å². The molecule has 0 saturated carbocycles. The monoisotopic (exact) mass is 308 g/mol. The largest absolute Gasteiger partial charge is 0.495 e. The normalized spacial score (nSPS) is 23.7. The summed E-state index contributed by atoms with van der Waals surface area (Å²) in [6.07, 6.45) is -0.628. The Morgan fingerprint density at radius 2 is 1.48 bits per heavy atom. The van der Waals surface area contributed by atoms with Crippen LogP contribution in [-0.2, 0) is 9.31 Å². The van der Waals surface area contributed by atoms with Crippen molar-refractivity contribution >= 4 is 12.6 Å². The molecule has 2 aliphatic rings. The molecule has 1 aliphatic carbocycles. The Labute approximate surface area is 137 Å². The SMILES string of the molecule is CC1(C)OB(c2cccc3c2C(O)c2ccccc2-3)OC1(C)C. The molecule has 2 aromatic rings. The predicted molar refractivity (Wildman–Crippen MR) is 91.7 cm³/mol. The summed E-state index contributed by atoms with van der Waals surface area (Å²) in [5.41, 5.74) is 4.16. The Morgan fingerprint density at radius 3 is 2.17 bits per heavy atom. The average molecular weight is 308 g/mol. The number of fused-ring (bicyclic) bond motifs is 3. The van der Waals surface area contributed by atoms with E-state index in [1.807, 2.05) is 58.0 Å². The first kappa shape index (κ1) is 14.9. The maximum atomic E-state index is 10.8. The first-order valence-corrected chi connectivity index (χ1v) is 8.08. The molecule has 1 fully saturated rings. The molecule has 4 rings (SSSR count). The van der Waals surface area contributed by atoms with Crippen LogP contribution in [0.25, 0.3) is 11.1 Å². The topological polar surface area (TPSA) is 38.7 Å². The molecule has 1 saturated heterocycles. The summed E-state index contributed by atoms with van der Waals surface area (Å²) in [7, 11) is -0.459. The minimum absolute atomic E-state index is 0.392. The maximum absolute atomic E-state index is 10.8. The van der Waals surface area contributed by atoms with Crippen LogP contribution in [0.15, 0.2) is 42.5 Å². The molecule has 2 aromatic carbocycles. The smallest absolute Gasteiger partial charge is 0.399 e. The van der Waals surface area contributed by atoms with Gasteiger partial charge in [0.15, 0.2) is 0 Å². The van der Waals surface area contributed by atoms with Gasteiger partial charge in [-0.15, -0.1) is 0 Å². The second-order valence-electron chi connectivity index (χ2n) is 7.39. The van der Waals surface area contributed by atoms with E-state index in [-0.39, 0.29) is 0 Å². The van der Waals surface area contributed by atoms with Crippen molar-refractivity contribution in [3.63, 3.8) is 0 Å². The fourth-order valence-electron chi connectivity index (χ4n) is 3.43. The van der Waals surface area contributed by atoms with Gasteiger partial charge in [-0.2, -0.15) is 0 Å². The van der Waals surface area contributed by atoms with E-state index in [0.717, 1.165) is 27.7 Å². The van der Waals surface area contributed by atoms with Crippen molar-refractivity contribution in [3.05, 3.63) is 53.6 Å². The first-order chi connectivity index (χ1) is 10.8. The lowest BCUT2D eigenvalue weighted by atomic mass is 9.74. The summed E-state index contributed by atoms with van der Waals surface area (Å²) in [4.78, 5) is 0. The highest BCUT2D eigenvalue weighted by atomic mass is 16.7. The molecule has 118 valence electrons. The highest BCUT2D eigenvalue weighted by Gasteiger charge is 2.53. The van der Waals surface area contributed by atoms with Gasteiger partial charge in [-0.05, 0) is 55.4 Å². The fourth-order valence-corrected chi connectivity index (χ4v) is 3.43. The zero-order chi connectivity index (χ0) is 16.4. The molecule has 0 spiro atoms. The standard InChI is InChI=1S/C19H21BO3/c1-18(2)19(3,4)23-20(22-18)15-11-7-10-13-12-8-5-6-9-14(12)17(21)16(13)15/h5-11,17,21H,1-4H3. The molecule has 0 amide bonds. The number of rotatable bonds is 1. The lowest BCUT2D eigenvalue weighted by Gasteiger charge is -2.32. The molecule has 3 nitrogen and oxygen atoms in total. The number of aliphatic hydroxyl groups excluding tert-OH is 1. The first-order valence-electron chi connectivity index (χ1n) is 8.08. The highest BCUT2D eigenvalue weighted by Crippen LogP contribution is 2.44. The van der Waals surface area contributed by atoms with Crippen molar-refractivity contribution < 1.29 is 14.4 Å². The molecule has 0 bridgehead atoms. The fraction of sp³-hybridized carbons (Fsp3) is 0.368. The molecule has 1 atom stereocenters. The summed E-state index contributed by atoms with van der Waals surface area (Å²) in [5, 5.41) is 10.8. The van der Waals surface area contributed by atoms with Gasteiger partial charge >= 0.3 is 7.12 Å². The zero-order valence-corrected chi connectivity index (χ0v) is 14.0. The van der Waals surface area contributed by atoms with Crippen LogP contribution in [0.2, 0.25) is 0 Å². The van der Waals surface area contributed by atoms with Crippen LogP contribution >= 0.6 is 0 Å². The Kier molecular flexibility index (Phi) is 3.05. The molecule has 0 aromatic heterocycles. The molecule has 1 N–H and O–H groups in total. The third kappa shape index (κ3) is 2.02. The van der Waals surface area contributed by atoms with Crippen LogP contribution < -0.4 is 5.46 Å². The second-order valence-corrected chi connectivity index (χ2v) is 7.39.